The van der Waals surface area contributed by atoms with Gasteiger partial charge in [0.25, 0.3) is 0 Å². The molecule has 3 amide bonds. The van der Waals surface area contributed by atoms with Crippen molar-refractivity contribution < 1.29 is 32.5 Å². The number of hydrogen-bond acceptors (Lipinski definition) is 7. The molecule has 0 heterocycles. The third-order valence-corrected chi connectivity index (χ3v) is 5.57. The number of hydrogen-bond donors (Lipinski definition) is 3. The number of phosphoric acid groups is 1. The van der Waals surface area contributed by atoms with Crippen LogP contribution in [0, 0.1) is 0 Å². The highest BCUT2D eigenvalue weighted by Crippen LogP contribution is 2.52. The van der Waals surface area contributed by atoms with Gasteiger partial charge in [-0.25, -0.2) is 4.57 Å². The van der Waals surface area contributed by atoms with Crippen molar-refractivity contribution in [2.24, 2.45) is 0 Å². The van der Waals surface area contributed by atoms with Crippen LogP contribution in [0.15, 0.2) is 0 Å². The van der Waals surface area contributed by atoms with Crippen LogP contribution < -0.4 is 16.0 Å². The number of rotatable bonds is 12. The molecule has 0 aromatic carbocycles. The Balaban J connectivity index is 5.10. The summed E-state index contributed by atoms with van der Waals surface area (Å²) in [6, 6.07) is 0. The van der Waals surface area contributed by atoms with E-state index in [1.165, 1.54) is 20.8 Å². The van der Waals surface area contributed by atoms with E-state index in [4.69, 9.17) is 13.6 Å². The van der Waals surface area contributed by atoms with Crippen molar-refractivity contribution in [3.05, 3.63) is 0 Å². The van der Waals surface area contributed by atoms with Crippen molar-refractivity contribution in [3.8, 4) is 0 Å². The molecule has 3 N–H and O–H groups in total. The van der Waals surface area contributed by atoms with E-state index in [0.29, 0.717) is 0 Å². The zero-order valence-corrected chi connectivity index (χ0v) is 19.9. The van der Waals surface area contributed by atoms with Crippen LogP contribution in [0.5, 0.6) is 0 Å². The minimum Gasteiger partial charge on any atom is -0.330 e. The lowest BCUT2D eigenvalue weighted by Gasteiger charge is -2.27. The molecule has 0 saturated heterocycles. The van der Waals surface area contributed by atoms with E-state index in [1.54, 1.807) is 0 Å². The molecule has 3 atom stereocenters. The van der Waals surface area contributed by atoms with Gasteiger partial charge in [0.15, 0.2) is 0 Å². The molecule has 0 aromatic heterocycles. The van der Waals surface area contributed by atoms with Crippen LogP contribution in [0.3, 0.4) is 0 Å². The summed E-state index contributed by atoms with van der Waals surface area (Å²) in [5.74, 6) is -1.24. The molecule has 0 aliphatic heterocycles. The fourth-order valence-electron chi connectivity index (χ4n) is 1.53. The maximum atomic E-state index is 12.9. The van der Waals surface area contributed by atoms with E-state index >= 15 is 0 Å². The van der Waals surface area contributed by atoms with E-state index < -0.39 is 44.2 Å². The first-order valence-electron chi connectivity index (χ1n) is 7.26. The number of phosphoric ester groups is 1. The summed E-state index contributed by atoms with van der Waals surface area (Å²) in [4.78, 5) is 34.2. The number of amides is 3. The van der Waals surface area contributed by atoms with Crippen LogP contribution >= 0.6 is 55.6 Å². The van der Waals surface area contributed by atoms with Gasteiger partial charge in [0.05, 0.1) is 16.0 Å². The van der Waals surface area contributed by atoms with Gasteiger partial charge < -0.3 is 16.0 Å². The lowest BCUT2D eigenvalue weighted by molar-refractivity contribution is -0.121. The summed E-state index contributed by atoms with van der Waals surface area (Å²) >= 11 is 8.91. The number of carbonyl (C=O) groups excluding carboxylic acids is 3. The van der Waals surface area contributed by atoms with Gasteiger partial charge in [0.1, 0.15) is 18.7 Å². The molecule has 0 spiro atoms. The van der Waals surface area contributed by atoms with Crippen molar-refractivity contribution in [2.75, 3.05) is 16.0 Å². The van der Waals surface area contributed by atoms with Crippen molar-refractivity contribution in [2.45, 2.75) is 39.5 Å². The Hall–Kier alpha value is -0.0400. The Morgan fingerprint density at radius 3 is 1.15 bits per heavy atom. The molecule has 10 nitrogen and oxygen atoms in total. The predicted molar refractivity (Wildman–Crippen MR) is 105 cm³/mol. The second kappa shape index (κ2) is 13.2. The van der Waals surface area contributed by atoms with E-state index in [1.807, 2.05) is 0 Å². The number of alkyl halides is 3. The molecule has 0 bridgehead atoms. The molecule has 26 heavy (non-hydrogen) atoms. The molecular formula is C12H21Br3N3O7P. The molecule has 0 aliphatic carbocycles. The summed E-state index contributed by atoms with van der Waals surface area (Å²) in [6.45, 7) is 4.26. The average molecular weight is 590 g/mol. The highest BCUT2D eigenvalue weighted by Gasteiger charge is 2.35. The fourth-order valence-corrected chi connectivity index (χ4v) is 3.49. The zero-order chi connectivity index (χ0) is 20.3. The third kappa shape index (κ3) is 11.6. The van der Waals surface area contributed by atoms with E-state index in [-0.39, 0.29) is 16.0 Å². The van der Waals surface area contributed by atoms with Gasteiger partial charge in [0.2, 0.25) is 17.7 Å². The summed E-state index contributed by atoms with van der Waals surface area (Å²) in [6.07, 6.45) is -3.07. The third-order valence-electron chi connectivity index (χ3n) is 2.32. The van der Waals surface area contributed by atoms with Gasteiger partial charge in [-0.3, -0.25) is 28.0 Å². The van der Waals surface area contributed by atoms with Crippen molar-refractivity contribution in [3.63, 3.8) is 0 Å². The second-order valence-electron chi connectivity index (χ2n) is 4.79. The predicted octanol–water partition coefficient (Wildman–Crippen LogP) is 1.72. The lowest BCUT2D eigenvalue weighted by atomic mass is 10.6. The molecule has 0 rings (SSSR count). The molecule has 3 unspecified atom stereocenters. The Kier molecular flexibility index (Phi) is 13.2. The smallest absolute Gasteiger partial charge is 0.330 e. The number of halogens is 3. The summed E-state index contributed by atoms with van der Waals surface area (Å²) < 4.78 is 28.5. The van der Waals surface area contributed by atoms with E-state index in [2.05, 4.69) is 63.7 Å². The first kappa shape index (κ1) is 26.0. The van der Waals surface area contributed by atoms with Crippen LogP contribution in [0.25, 0.3) is 0 Å². The highest BCUT2D eigenvalue weighted by atomic mass is 79.9. The maximum absolute atomic E-state index is 12.9. The van der Waals surface area contributed by atoms with Crippen molar-refractivity contribution in [1.29, 1.82) is 0 Å². The summed E-state index contributed by atoms with van der Waals surface area (Å²) in [5, 5.41) is 7.27. The molecule has 0 saturated carbocycles. The first-order chi connectivity index (χ1) is 12.0. The minimum absolute atomic E-state index is 0.0160. The van der Waals surface area contributed by atoms with Gasteiger partial charge in [-0.2, -0.15) is 0 Å². The van der Waals surface area contributed by atoms with Crippen LogP contribution in [-0.4, -0.2) is 52.4 Å². The number of carbonyl (C=O) groups is 3. The largest absolute Gasteiger partial charge is 0.480 e. The molecule has 0 aliphatic rings. The Labute approximate surface area is 176 Å². The summed E-state index contributed by atoms with van der Waals surface area (Å²) in [7, 11) is -4.28. The normalized spacial score (nSPS) is 16.7. The van der Waals surface area contributed by atoms with Crippen LogP contribution in [-0.2, 0) is 32.5 Å². The Bertz CT molecular complexity index is 469. The van der Waals surface area contributed by atoms with Gasteiger partial charge in [0, 0.05) is 0 Å². The maximum Gasteiger partial charge on any atom is 0.480 e. The zero-order valence-electron chi connectivity index (χ0n) is 14.3. The molecular weight excluding hydrogens is 569 g/mol. The minimum atomic E-state index is -4.28. The molecule has 152 valence electrons. The topological polar surface area (TPSA) is 132 Å². The molecule has 0 radical (unpaired) electrons. The van der Waals surface area contributed by atoms with Crippen molar-refractivity contribution in [1.82, 2.24) is 16.0 Å². The van der Waals surface area contributed by atoms with E-state index in [9.17, 15) is 18.9 Å². The SMILES string of the molecule is CC(NC(=O)CBr)OP(=O)(OC(C)NC(=O)CBr)OC(C)NC(=O)CBr. The van der Waals surface area contributed by atoms with Crippen LogP contribution in [0.4, 0.5) is 0 Å². The van der Waals surface area contributed by atoms with Crippen LogP contribution in [0.1, 0.15) is 20.8 Å². The molecule has 0 aromatic rings. The van der Waals surface area contributed by atoms with Gasteiger partial charge >= 0.3 is 7.82 Å². The van der Waals surface area contributed by atoms with Gasteiger partial charge in [-0.15, -0.1) is 0 Å². The number of nitrogens with one attached hydrogen (secondary N) is 3. The Morgan fingerprint density at radius 2 is 0.962 bits per heavy atom. The average Bonchev–Trinajstić information content (AvgIpc) is 2.52. The van der Waals surface area contributed by atoms with Crippen LogP contribution in [0.2, 0.25) is 0 Å². The Morgan fingerprint density at radius 1 is 0.731 bits per heavy atom. The first-order valence-corrected chi connectivity index (χ1v) is 12.1. The second-order valence-corrected chi connectivity index (χ2v) is 8.00. The van der Waals surface area contributed by atoms with Gasteiger partial charge in [-0.1, -0.05) is 47.8 Å². The molecule has 14 heteroatoms. The lowest BCUT2D eigenvalue weighted by Crippen LogP contribution is -2.39. The van der Waals surface area contributed by atoms with Gasteiger partial charge in [-0.05, 0) is 20.8 Å². The quantitative estimate of drug-likeness (QED) is 0.179. The fraction of sp³-hybridized carbons (Fsp3) is 0.750. The molecule has 0 fully saturated rings. The highest BCUT2D eigenvalue weighted by molar-refractivity contribution is 9.09. The standard InChI is InChI=1S/C12H21Br3N3O7P/c1-7(16-10(19)4-13)23-26(22,24-8(2)17-11(20)5-14)25-9(3)18-12(21)6-15/h7-9H,4-6H2,1-3H3,(H,16,19)(H,17,20)(H,18,21). The monoisotopic (exact) mass is 587 g/mol. The van der Waals surface area contributed by atoms with E-state index in [0.717, 1.165) is 0 Å². The van der Waals surface area contributed by atoms with Crippen molar-refractivity contribution >= 4 is 73.3 Å². The summed E-state index contributed by atoms with van der Waals surface area (Å²) in [5.41, 5.74) is 0.